The number of rotatable bonds is 3. The minimum absolute atomic E-state index is 0.239. The molecule has 0 radical (unpaired) electrons. The first kappa shape index (κ1) is 17.6. The van der Waals surface area contributed by atoms with Gasteiger partial charge < -0.3 is 9.84 Å². The highest BCUT2D eigenvalue weighted by Crippen LogP contribution is 2.36. The summed E-state index contributed by atoms with van der Waals surface area (Å²) in [7, 11) is 0. The molecule has 24 heavy (non-hydrogen) atoms. The van der Waals surface area contributed by atoms with Gasteiger partial charge in [-0.05, 0) is 31.5 Å². The smallest absolute Gasteiger partial charge is 0.433 e. The molecule has 0 atom stereocenters. The summed E-state index contributed by atoms with van der Waals surface area (Å²) in [6, 6.07) is 1.79. The van der Waals surface area contributed by atoms with E-state index in [-0.39, 0.29) is 11.3 Å². The van der Waals surface area contributed by atoms with E-state index >= 15 is 0 Å². The maximum Gasteiger partial charge on any atom is 0.433 e. The molecule has 0 bridgehead atoms. The number of hydrogen-bond donors (Lipinski definition) is 1. The van der Waals surface area contributed by atoms with Crippen molar-refractivity contribution in [3.8, 4) is 11.5 Å². The standard InChI is InChI=1S/C15H10F5NO3/c1-6-9(4-3-8(16)12(6)17)24-10-5-21-13(15(18,19)20)7(2)11(10)14(22)23/h3-5H,1-2H3,(H,22,23). The molecule has 1 aromatic carbocycles. The Morgan fingerprint density at radius 3 is 2.29 bits per heavy atom. The van der Waals surface area contributed by atoms with Gasteiger partial charge in [0.1, 0.15) is 17.0 Å². The van der Waals surface area contributed by atoms with Crippen LogP contribution >= 0.6 is 0 Å². The lowest BCUT2D eigenvalue weighted by molar-refractivity contribution is -0.141. The monoisotopic (exact) mass is 347 g/mol. The van der Waals surface area contributed by atoms with E-state index in [4.69, 9.17) is 4.74 Å². The first-order chi connectivity index (χ1) is 11.0. The van der Waals surface area contributed by atoms with Crippen LogP contribution in [-0.4, -0.2) is 16.1 Å². The first-order valence-corrected chi connectivity index (χ1v) is 6.46. The SMILES string of the molecule is Cc1c(Oc2cnc(C(F)(F)F)c(C)c2C(=O)O)ccc(F)c1F. The van der Waals surface area contributed by atoms with Crippen LogP contribution in [0.1, 0.15) is 27.2 Å². The van der Waals surface area contributed by atoms with Crippen LogP contribution in [-0.2, 0) is 6.18 Å². The van der Waals surface area contributed by atoms with Crippen molar-refractivity contribution in [2.45, 2.75) is 20.0 Å². The number of nitrogens with zero attached hydrogens (tertiary/aromatic N) is 1. The molecule has 128 valence electrons. The Morgan fingerprint density at radius 1 is 1.12 bits per heavy atom. The lowest BCUT2D eigenvalue weighted by atomic mass is 10.1. The molecule has 1 heterocycles. The van der Waals surface area contributed by atoms with E-state index in [0.29, 0.717) is 6.20 Å². The Bertz CT molecular complexity index is 818. The van der Waals surface area contributed by atoms with E-state index in [1.165, 1.54) is 6.92 Å². The fourth-order valence-electron chi connectivity index (χ4n) is 2.08. The van der Waals surface area contributed by atoms with Gasteiger partial charge >= 0.3 is 12.1 Å². The van der Waals surface area contributed by atoms with Crippen LogP contribution in [0.25, 0.3) is 0 Å². The summed E-state index contributed by atoms with van der Waals surface area (Å²) in [6.07, 6.45) is -4.26. The van der Waals surface area contributed by atoms with Gasteiger partial charge in [-0.3, -0.25) is 0 Å². The molecule has 0 aliphatic heterocycles. The summed E-state index contributed by atoms with van der Waals surface area (Å²) in [6.45, 7) is 2.11. The molecule has 2 rings (SSSR count). The molecular weight excluding hydrogens is 337 g/mol. The van der Waals surface area contributed by atoms with E-state index in [2.05, 4.69) is 4.98 Å². The van der Waals surface area contributed by atoms with Gasteiger partial charge in [0.25, 0.3) is 0 Å². The van der Waals surface area contributed by atoms with E-state index in [1.807, 2.05) is 0 Å². The lowest BCUT2D eigenvalue weighted by Crippen LogP contribution is -2.15. The van der Waals surface area contributed by atoms with Gasteiger partial charge in [0.2, 0.25) is 0 Å². The van der Waals surface area contributed by atoms with Gasteiger partial charge in [-0.2, -0.15) is 13.2 Å². The number of halogens is 5. The third-order valence-corrected chi connectivity index (χ3v) is 3.28. The number of benzene rings is 1. The zero-order chi connectivity index (χ0) is 18.2. The zero-order valence-electron chi connectivity index (χ0n) is 12.3. The van der Waals surface area contributed by atoms with E-state index in [1.54, 1.807) is 0 Å². The highest BCUT2D eigenvalue weighted by atomic mass is 19.4. The summed E-state index contributed by atoms with van der Waals surface area (Å²) >= 11 is 0. The van der Waals surface area contributed by atoms with Crippen molar-refractivity contribution in [1.82, 2.24) is 4.98 Å². The van der Waals surface area contributed by atoms with Crippen LogP contribution in [0.5, 0.6) is 11.5 Å². The van der Waals surface area contributed by atoms with Crippen molar-refractivity contribution < 1.29 is 36.6 Å². The summed E-state index contributed by atoms with van der Waals surface area (Å²) in [4.78, 5) is 14.5. The fourth-order valence-corrected chi connectivity index (χ4v) is 2.08. The number of carboxylic acids is 1. The van der Waals surface area contributed by atoms with E-state index in [0.717, 1.165) is 19.1 Å². The summed E-state index contributed by atoms with van der Waals surface area (Å²) in [5.41, 5.74) is -3.03. The number of carbonyl (C=O) groups is 1. The van der Waals surface area contributed by atoms with Crippen LogP contribution in [0.15, 0.2) is 18.3 Å². The van der Waals surface area contributed by atoms with Gasteiger partial charge in [0.05, 0.1) is 6.20 Å². The largest absolute Gasteiger partial charge is 0.478 e. The maximum absolute atomic E-state index is 13.5. The summed E-state index contributed by atoms with van der Waals surface area (Å²) in [5, 5.41) is 9.17. The molecule has 0 saturated carbocycles. The van der Waals surface area contributed by atoms with Crippen LogP contribution in [0.3, 0.4) is 0 Å². The molecule has 0 fully saturated rings. The molecule has 0 unspecified atom stereocenters. The Kier molecular flexibility index (Phi) is 4.46. The fraction of sp³-hybridized carbons (Fsp3) is 0.200. The van der Waals surface area contributed by atoms with Crippen molar-refractivity contribution in [3.63, 3.8) is 0 Å². The van der Waals surface area contributed by atoms with Crippen LogP contribution in [0.4, 0.5) is 22.0 Å². The lowest BCUT2D eigenvalue weighted by Gasteiger charge is -2.16. The Hall–Kier alpha value is -2.71. The van der Waals surface area contributed by atoms with Gasteiger partial charge in [-0.1, -0.05) is 0 Å². The summed E-state index contributed by atoms with van der Waals surface area (Å²) < 4.78 is 70.3. The van der Waals surface area contributed by atoms with Crippen molar-refractivity contribution in [1.29, 1.82) is 0 Å². The number of aromatic nitrogens is 1. The molecule has 1 N–H and O–H groups in total. The topological polar surface area (TPSA) is 59.4 Å². The molecular formula is C15H10F5NO3. The minimum atomic E-state index is -4.84. The second-order valence-electron chi connectivity index (χ2n) is 4.86. The van der Waals surface area contributed by atoms with Gasteiger partial charge in [0.15, 0.2) is 17.4 Å². The highest BCUT2D eigenvalue weighted by Gasteiger charge is 2.37. The minimum Gasteiger partial charge on any atom is -0.478 e. The predicted molar refractivity (Wildman–Crippen MR) is 72.1 cm³/mol. The second-order valence-corrected chi connectivity index (χ2v) is 4.86. The molecule has 9 heteroatoms. The Balaban J connectivity index is 2.58. The molecule has 0 spiro atoms. The van der Waals surface area contributed by atoms with Crippen LogP contribution < -0.4 is 4.74 Å². The van der Waals surface area contributed by atoms with Crippen molar-refractivity contribution in [2.75, 3.05) is 0 Å². The first-order valence-electron chi connectivity index (χ1n) is 6.46. The number of aromatic carboxylic acids is 1. The number of pyridine rings is 1. The van der Waals surface area contributed by atoms with Gasteiger partial charge in [-0.15, -0.1) is 0 Å². The van der Waals surface area contributed by atoms with Crippen molar-refractivity contribution >= 4 is 5.97 Å². The number of alkyl halides is 3. The molecule has 1 aromatic heterocycles. The number of ether oxygens (including phenoxy) is 1. The summed E-state index contributed by atoms with van der Waals surface area (Å²) in [5.74, 6) is -4.77. The normalized spacial score (nSPS) is 11.5. The average Bonchev–Trinajstić information content (AvgIpc) is 2.46. The molecule has 2 aromatic rings. The van der Waals surface area contributed by atoms with Crippen molar-refractivity contribution in [3.05, 3.63) is 52.3 Å². The molecule has 0 aliphatic carbocycles. The molecule has 4 nitrogen and oxygen atoms in total. The number of hydrogen-bond acceptors (Lipinski definition) is 3. The quantitative estimate of drug-likeness (QED) is 0.832. The molecule has 0 amide bonds. The Labute approximate surface area is 132 Å². The predicted octanol–water partition coefficient (Wildman–Crippen LogP) is 4.49. The van der Waals surface area contributed by atoms with Gasteiger partial charge in [0, 0.05) is 5.56 Å². The van der Waals surface area contributed by atoms with Crippen molar-refractivity contribution in [2.24, 2.45) is 0 Å². The molecule has 0 aliphatic rings. The Morgan fingerprint density at radius 2 is 1.75 bits per heavy atom. The second kappa shape index (κ2) is 6.06. The third kappa shape index (κ3) is 3.15. The highest BCUT2D eigenvalue weighted by molar-refractivity contribution is 5.92. The van der Waals surface area contributed by atoms with E-state index < -0.39 is 46.4 Å². The zero-order valence-corrected chi connectivity index (χ0v) is 12.3. The number of carboxylic acid groups (broad SMARTS) is 1. The van der Waals surface area contributed by atoms with Crippen LogP contribution in [0.2, 0.25) is 0 Å². The maximum atomic E-state index is 13.5. The van der Waals surface area contributed by atoms with E-state index in [9.17, 15) is 31.9 Å². The molecule has 0 saturated heterocycles. The average molecular weight is 347 g/mol. The van der Waals surface area contributed by atoms with Crippen LogP contribution in [0, 0.1) is 25.5 Å². The third-order valence-electron chi connectivity index (χ3n) is 3.28. The van der Waals surface area contributed by atoms with Gasteiger partial charge in [-0.25, -0.2) is 18.6 Å².